The van der Waals surface area contributed by atoms with Crippen molar-refractivity contribution >= 4 is 0 Å². The second-order valence-electron chi connectivity index (χ2n) is 4.06. The monoisotopic (exact) mass is 210 g/mol. The molecule has 0 aromatic carbocycles. The Morgan fingerprint density at radius 3 is 2.67 bits per heavy atom. The van der Waals surface area contributed by atoms with Crippen LogP contribution >= 0.6 is 0 Å². The average molecular weight is 210 g/mol. The zero-order valence-corrected chi connectivity index (χ0v) is 9.83. The number of nitrogens with two attached hydrogens (primary N) is 1. The molecule has 0 aliphatic carbocycles. The molecule has 0 spiro atoms. The summed E-state index contributed by atoms with van der Waals surface area (Å²) < 4.78 is 5.51. The lowest BCUT2D eigenvalue weighted by atomic mass is 10.2. The molecule has 0 fully saturated rings. The lowest BCUT2D eigenvalue weighted by molar-refractivity contribution is 0.319. The van der Waals surface area contributed by atoms with Crippen molar-refractivity contribution in [3.05, 3.63) is 23.7 Å². The van der Waals surface area contributed by atoms with E-state index in [4.69, 9.17) is 10.2 Å². The van der Waals surface area contributed by atoms with Crippen molar-refractivity contribution in [2.24, 2.45) is 5.73 Å². The summed E-state index contributed by atoms with van der Waals surface area (Å²) in [6.07, 6.45) is 3.29. The van der Waals surface area contributed by atoms with Gasteiger partial charge in [-0.3, -0.25) is 0 Å². The molecule has 0 unspecified atom stereocenters. The van der Waals surface area contributed by atoms with Gasteiger partial charge >= 0.3 is 0 Å². The molecular formula is C12H22N2O. The number of likely N-dealkylation sites (N-methyl/N-ethyl adjacent to an activating group) is 1. The van der Waals surface area contributed by atoms with Gasteiger partial charge in [0.2, 0.25) is 0 Å². The first kappa shape index (κ1) is 12.3. The standard InChI is InChI=1S/C12H22N2O/c1-11-5-6-12(15-11)7-10-14(2)9-4-3-8-13/h5-6H,3-4,7-10,13H2,1-2H3. The second kappa shape index (κ2) is 6.64. The van der Waals surface area contributed by atoms with E-state index in [-0.39, 0.29) is 0 Å². The first-order valence-corrected chi connectivity index (χ1v) is 5.66. The van der Waals surface area contributed by atoms with Crippen LogP contribution in [0.1, 0.15) is 24.4 Å². The van der Waals surface area contributed by atoms with E-state index >= 15 is 0 Å². The van der Waals surface area contributed by atoms with Gasteiger partial charge in [-0.25, -0.2) is 0 Å². The first-order chi connectivity index (χ1) is 7.22. The highest BCUT2D eigenvalue weighted by molar-refractivity contribution is 5.05. The van der Waals surface area contributed by atoms with Crippen LogP contribution in [0.2, 0.25) is 0 Å². The van der Waals surface area contributed by atoms with E-state index in [0.29, 0.717) is 0 Å². The number of rotatable bonds is 7. The van der Waals surface area contributed by atoms with E-state index in [1.807, 2.05) is 13.0 Å². The molecule has 2 N–H and O–H groups in total. The van der Waals surface area contributed by atoms with Gasteiger partial charge in [-0.1, -0.05) is 0 Å². The fraction of sp³-hybridized carbons (Fsp3) is 0.667. The molecule has 0 bridgehead atoms. The number of hydrogen-bond acceptors (Lipinski definition) is 3. The minimum absolute atomic E-state index is 0.797. The minimum atomic E-state index is 0.797. The number of aryl methyl sites for hydroxylation is 1. The van der Waals surface area contributed by atoms with E-state index in [2.05, 4.69) is 18.0 Å². The largest absolute Gasteiger partial charge is 0.466 e. The van der Waals surface area contributed by atoms with E-state index in [1.165, 1.54) is 6.42 Å². The summed E-state index contributed by atoms with van der Waals surface area (Å²) in [5.41, 5.74) is 5.45. The highest BCUT2D eigenvalue weighted by atomic mass is 16.3. The van der Waals surface area contributed by atoms with Gasteiger partial charge in [0.15, 0.2) is 0 Å². The highest BCUT2D eigenvalue weighted by Gasteiger charge is 2.01. The third kappa shape index (κ3) is 5.00. The smallest absolute Gasteiger partial charge is 0.105 e. The molecule has 0 radical (unpaired) electrons. The number of unbranched alkanes of at least 4 members (excludes halogenated alkanes) is 1. The molecule has 0 aliphatic heterocycles. The van der Waals surface area contributed by atoms with Crippen molar-refractivity contribution in [2.45, 2.75) is 26.2 Å². The summed E-state index contributed by atoms with van der Waals surface area (Å²) >= 11 is 0. The van der Waals surface area contributed by atoms with Crippen LogP contribution in [0.3, 0.4) is 0 Å². The predicted molar refractivity (Wildman–Crippen MR) is 62.9 cm³/mol. The van der Waals surface area contributed by atoms with Crippen molar-refractivity contribution in [1.82, 2.24) is 4.90 Å². The maximum Gasteiger partial charge on any atom is 0.105 e. The fourth-order valence-electron chi connectivity index (χ4n) is 1.56. The topological polar surface area (TPSA) is 42.4 Å². The SMILES string of the molecule is Cc1ccc(CCN(C)CCCCN)o1. The zero-order valence-electron chi connectivity index (χ0n) is 9.83. The third-order valence-electron chi connectivity index (χ3n) is 2.53. The molecular weight excluding hydrogens is 188 g/mol. The summed E-state index contributed by atoms with van der Waals surface area (Å²) in [5.74, 6) is 2.08. The maximum absolute atomic E-state index is 5.51. The van der Waals surface area contributed by atoms with E-state index in [1.54, 1.807) is 0 Å². The molecule has 86 valence electrons. The lowest BCUT2D eigenvalue weighted by Crippen LogP contribution is -2.22. The predicted octanol–water partition coefficient (Wildman–Crippen LogP) is 1.80. The minimum Gasteiger partial charge on any atom is -0.466 e. The van der Waals surface area contributed by atoms with Crippen LogP contribution in [0.4, 0.5) is 0 Å². The molecule has 1 rings (SSSR count). The Kier molecular flexibility index (Phi) is 5.43. The highest BCUT2D eigenvalue weighted by Crippen LogP contribution is 2.07. The Morgan fingerprint density at radius 1 is 1.27 bits per heavy atom. The normalized spacial score (nSPS) is 11.2. The van der Waals surface area contributed by atoms with Crippen LogP contribution in [-0.4, -0.2) is 31.6 Å². The van der Waals surface area contributed by atoms with Gasteiger partial charge in [0.25, 0.3) is 0 Å². The van der Waals surface area contributed by atoms with Gasteiger partial charge in [-0.2, -0.15) is 0 Å². The molecule has 1 aromatic rings. The molecule has 1 heterocycles. The molecule has 0 atom stereocenters. The van der Waals surface area contributed by atoms with Crippen molar-refractivity contribution in [3.8, 4) is 0 Å². The number of nitrogens with zero attached hydrogens (tertiary/aromatic N) is 1. The summed E-state index contributed by atoms with van der Waals surface area (Å²) in [6.45, 7) is 4.95. The van der Waals surface area contributed by atoms with Crippen LogP contribution in [0.25, 0.3) is 0 Å². The molecule has 3 nitrogen and oxygen atoms in total. The van der Waals surface area contributed by atoms with Gasteiger partial charge in [0.05, 0.1) is 0 Å². The Labute approximate surface area is 92.2 Å². The average Bonchev–Trinajstić information content (AvgIpc) is 2.62. The molecule has 3 heteroatoms. The summed E-state index contributed by atoms with van der Waals surface area (Å²) in [5, 5.41) is 0. The Bertz CT molecular complexity index is 270. The molecule has 0 amide bonds. The van der Waals surface area contributed by atoms with Gasteiger partial charge in [-0.05, 0) is 52.0 Å². The van der Waals surface area contributed by atoms with Gasteiger partial charge in [-0.15, -0.1) is 0 Å². The quantitative estimate of drug-likeness (QED) is 0.698. The van der Waals surface area contributed by atoms with Gasteiger partial charge < -0.3 is 15.1 Å². The second-order valence-corrected chi connectivity index (χ2v) is 4.06. The van der Waals surface area contributed by atoms with Crippen molar-refractivity contribution in [2.75, 3.05) is 26.7 Å². The fourth-order valence-corrected chi connectivity index (χ4v) is 1.56. The Hall–Kier alpha value is -0.800. The number of hydrogen-bond donors (Lipinski definition) is 1. The lowest BCUT2D eigenvalue weighted by Gasteiger charge is -2.15. The summed E-state index contributed by atoms with van der Waals surface area (Å²) in [7, 11) is 2.15. The summed E-state index contributed by atoms with van der Waals surface area (Å²) in [4.78, 5) is 2.33. The Balaban J connectivity index is 2.13. The molecule has 0 aliphatic rings. The maximum atomic E-state index is 5.51. The molecule has 1 aromatic heterocycles. The van der Waals surface area contributed by atoms with E-state index in [9.17, 15) is 0 Å². The van der Waals surface area contributed by atoms with Crippen LogP contribution in [0.5, 0.6) is 0 Å². The van der Waals surface area contributed by atoms with E-state index < -0.39 is 0 Å². The van der Waals surface area contributed by atoms with Crippen LogP contribution < -0.4 is 5.73 Å². The van der Waals surface area contributed by atoms with Gasteiger partial charge in [0.1, 0.15) is 11.5 Å². The number of furan rings is 1. The molecule has 0 saturated carbocycles. The van der Waals surface area contributed by atoms with Crippen LogP contribution in [0, 0.1) is 6.92 Å². The van der Waals surface area contributed by atoms with Gasteiger partial charge in [0, 0.05) is 13.0 Å². The van der Waals surface area contributed by atoms with Crippen molar-refractivity contribution < 1.29 is 4.42 Å². The van der Waals surface area contributed by atoms with Crippen molar-refractivity contribution in [3.63, 3.8) is 0 Å². The third-order valence-corrected chi connectivity index (χ3v) is 2.53. The molecule has 0 saturated heterocycles. The van der Waals surface area contributed by atoms with Crippen LogP contribution in [0.15, 0.2) is 16.5 Å². The summed E-state index contributed by atoms with van der Waals surface area (Å²) in [6, 6.07) is 4.08. The molecule has 15 heavy (non-hydrogen) atoms. The van der Waals surface area contributed by atoms with E-state index in [0.717, 1.165) is 44.0 Å². The first-order valence-electron chi connectivity index (χ1n) is 5.66. The van der Waals surface area contributed by atoms with Crippen molar-refractivity contribution in [1.29, 1.82) is 0 Å². The van der Waals surface area contributed by atoms with Crippen LogP contribution in [-0.2, 0) is 6.42 Å². The zero-order chi connectivity index (χ0) is 11.1. The Morgan fingerprint density at radius 2 is 2.07 bits per heavy atom.